The molecule has 0 aliphatic rings. The van der Waals surface area contributed by atoms with Crippen molar-refractivity contribution in [3.05, 3.63) is 194 Å². The number of hydrogen-bond acceptors (Lipinski definition) is 6. The summed E-state index contributed by atoms with van der Waals surface area (Å²) in [5.41, 5.74) is 0. The number of allylic oxidation sites excluding steroid dienone is 32. The number of hydrogen-bond donors (Lipinski definition) is 0. The molecule has 6 nitrogen and oxygen atoms in total. The Morgan fingerprint density at radius 1 is 0.260 bits per heavy atom. The van der Waals surface area contributed by atoms with Crippen LogP contribution in [-0.4, -0.2) is 37.2 Å². The van der Waals surface area contributed by atoms with E-state index in [-0.39, 0.29) is 44.0 Å². The Morgan fingerprint density at radius 3 is 0.805 bits per heavy atom. The van der Waals surface area contributed by atoms with Gasteiger partial charge in [-0.3, -0.25) is 14.4 Å². The van der Waals surface area contributed by atoms with Crippen LogP contribution in [0.5, 0.6) is 0 Å². The number of ether oxygens (including phenoxy) is 3. The molecule has 6 heteroatoms. The number of esters is 3. The van der Waals surface area contributed by atoms with Crippen molar-refractivity contribution in [1.29, 1.82) is 0 Å². The molecule has 0 saturated heterocycles. The second-order valence-electron chi connectivity index (χ2n) is 18.8. The first kappa shape index (κ1) is 71.2. The van der Waals surface area contributed by atoms with E-state index in [0.717, 1.165) is 161 Å². The Morgan fingerprint density at radius 2 is 0.481 bits per heavy atom. The van der Waals surface area contributed by atoms with Crippen LogP contribution < -0.4 is 0 Å². The fourth-order valence-corrected chi connectivity index (χ4v) is 7.21. The van der Waals surface area contributed by atoms with Crippen molar-refractivity contribution in [3.8, 4) is 0 Å². The van der Waals surface area contributed by atoms with E-state index < -0.39 is 6.10 Å². The van der Waals surface area contributed by atoms with Gasteiger partial charge in [-0.1, -0.05) is 234 Å². The second-order valence-corrected chi connectivity index (χ2v) is 18.8. The van der Waals surface area contributed by atoms with Crippen molar-refractivity contribution in [1.82, 2.24) is 0 Å². The van der Waals surface area contributed by atoms with Crippen LogP contribution in [0.25, 0.3) is 0 Å². The van der Waals surface area contributed by atoms with Crippen molar-refractivity contribution in [2.45, 2.75) is 219 Å². The third-order valence-corrected chi connectivity index (χ3v) is 11.6. The molecule has 0 saturated carbocycles. The average Bonchev–Trinajstić information content (AvgIpc) is 3.43. The summed E-state index contributed by atoms with van der Waals surface area (Å²) in [6.07, 6.45) is 95.7. The van der Waals surface area contributed by atoms with E-state index in [1.165, 1.54) is 0 Å². The van der Waals surface area contributed by atoms with Crippen LogP contribution in [0.15, 0.2) is 194 Å². The first-order chi connectivity index (χ1) is 38.0. The molecule has 0 aliphatic carbocycles. The van der Waals surface area contributed by atoms with E-state index in [4.69, 9.17) is 14.2 Å². The van der Waals surface area contributed by atoms with Crippen molar-refractivity contribution in [2.75, 3.05) is 13.2 Å². The lowest BCUT2D eigenvalue weighted by molar-refractivity contribution is -0.167. The lowest BCUT2D eigenvalue weighted by Gasteiger charge is -2.18. The molecule has 0 spiro atoms. The zero-order chi connectivity index (χ0) is 55.7. The normalized spacial score (nSPS) is 13.5. The monoisotopic (exact) mass is 1050 g/mol. The Balaban J connectivity index is 4.63. The van der Waals surface area contributed by atoms with E-state index in [9.17, 15) is 14.4 Å². The summed E-state index contributed by atoms with van der Waals surface area (Å²) >= 11 is 0. The van der Waals surface area contributed by atoms with Crippen molar-refractivity contribution in [3.63, 3.8) is 0 Å². The van der Waals surface area contributed by atoms with E-state index in [1.54, 1.807) is 0 Å². The van der Waals surface area contributed by atoms with Crippen molar-refractivity contribution >= 4 is 17.9 Å². The van der Waals surface area contributed by atoms with Crippen LogP contribution in [0.2, 0.25) is 0 Å². The maximum Gasteiger partial charge on any atom is 0.306 e. The lowest BCUT2D eigenvalue weighted by Crippen LogP contribution is -2.30. The molecule has 77 heavy (non-hydrogen) atoms. The molecular weight excluding hydrogens is 949 g/mol. The second kappa shape index (κ2) is 62.8. The third kappa shape index (κ3) is 61.0. The first-order valence-electron chi connectivity index (χ1n) is 29.9. The molecule has 1 unspecified atom stereocenters. The highest BCUT2D eigenvalue weighted by Gasteiger charge is 2.19. The fraction of sp³-hybridized carbons (Fsp3) is 0.507. The maximum absolute atomic E-state index is 12.9. The number of carbonyl (C=O) groups is 3. The van der Waals surface area contributed by atoms with Gasteiger partial charge in [-0.05, 0) is 154 Å². The van der Waals surface area contributed by atoms with Crippen LogP contribution in [0.3, 0.4) is 0 Å². The highest BCUT2D eigenvalue weighted by atomic mass is 16.6. The molecule has 0 N–H and O–H groups in total. The molecule has 0 aromatic carbocycles. The van der Waals surface area contributed by atoms with Gasteiger partial charge in [-0.2, -0.15) is 0 Å². The van der Waals surface area contributed by atoms with E-state index in [2.05, 4.69) is 215 Å². The third-order valence-electron chi connectivity index (χ3n) is 11.6. The molecule has 0 rings (SSSR count). The van der Waals surface area contributed by atoms with Gasteiger partial charge in [0.25, 0.3) is 0 Å². The quantitative estimate of drug-likeness (QED) is 0.0261. The van der Waals surface area contributed by atoms with Crippen LogP contribution in [-0.2, 0) is 28.6 Å². The van der Waals surface area contributed by atoms with Gasteiger partial charge in [0.05, 0.1) is 0 Å². The van der Waals surface area contributed by atoms with Gasteiger partial charge in [-0.25, -0.2) is 0 Å². The smallest absolute Gasteiger partial charge is 0.306 e. The topological polar surface area (TPSA) is 78.9 Å². The fourth-order valence-electron chi connectivity index (χ4n) is 7.21. The van der Waals surface area contributed by atoms with E-state index in [0.29, 0.717) is 19.3 Å². The standard InChI is InChI=1S/C71H106O6/c1-4-7-10-13-16-19-22-25-28-30-32-34-35-37-38-40-43-46-49-52-55-58-61-64-70(73)76-67-68(66-75-69(72)63-60-57-54-51-48-45-42-27-24-21-18-15-12-9-6-3)77-71(74)65-62-59-56-53-50-47-44-41-39-36-33-31-29-26-23-20-17-14-11-8-5-2/h7-12,16-21,25-29,32-34,36-38,41-44,46,50,52-53,55,68H,4-6,13-15,22-24,30-31,35,39-40,45,47-49,51,54,56-67H2,1-3H3/b10-7-,11-8-,12-9-,19-16-,20-17-,21-18-,28-25-,29-26-,34-32-,36-33-,38-37-,42-27-,44-41-,46-43-,53-50-,55-52-. The van der Waals surface area contributed by atoms with Gasteiger partial charge < -0.3 is 14.2 Å². The minimum absolute atomic E-state index is 0.134. The van der Waals surface area contributed by atoms with Gasteiger partial charge in [0.2, 0.25) is 0 Å². The molecule has 0 bridgehead atoms. The molecule has 1 atom stereocenters. The molecule has 0 aliphatic heterocycles. The highest BCUT2D eigenvalue weighted by molar-refractivity contribution is 5.71. The minimum Gasteiger partial charge on any atom is -0.462 e. The zero-order valence-corrected chi connectivity index (χ0v) is 48.6. The summed E-state index contributed by atoms with van der Waals surface area (Å²) < 4.78 is 16.8. The Labute approximate surface area is 471 Å². The van der Waals surface area contributed by atoms with E-state index >= 15 is 0 Å². The Kier molecular flexibility index (Phi) is 58.1. The Hall–Kier alpha value is -5.75. The average molecular weight is 1060 g/mol. The summed E-state index contributed by atoms with van der Waals surface area (Å²) in [4.78, 5) is 38.2. The summed E-state index contributed by atoms with van der Waals surface area (Å²) in [6.45, 7) is 6.18. The summed E-state index contributed by atoms with van der Waals surface area (Å²) in [5.74, 6) is -1.07. The van der Waals surface area contributed by atoms with Crippen LogP contribution in [0.4, 0.5) is 0 Å². The SMILES string of the molecule is CC/C=C\C/C=C\C/C=C\C/C=C\C/C=C\C/C=C\C/C=C\CCCC(=O)OCC(COC(=O)CCCCCCC/C=C\C/C=C\C/C=C\CC)OC(=O)CCCC/C=C\C/C=C\C/C=C\C/C=C\C/C=C\C/C=C\CC. The predicted molar refractivity (Wildman–Crippen MR) is 334 cm³/mol. The van der Waals surface area contributed by atoms with E-state index in [1.807, 2.05) is 0 Å². The molecule has 0 aromatic rings. The lowest BCUT2D eigenvalue weighted by atomic mass is 10.1. The maximum atomic E-state index is 12.9. The first-order valence-corrected chi connectivity index (χ1v) is 29.9. The molecule has 0 fully saturated rings. The highest BCUT2D eigenvalue weighted by Crippen LogP contribution is 2.11. The molecule has 426 valence electrons. The van der Waals surface area contributed by atoms with Gasteiger partial charge >= 0.3 is 17.9 Å². The largest absolute Gasteiger partial charge is 0.462 e. The van der Waals surface area contributed by atoms with Crippen molar-refractivity contribution in [2.24, 2.45) is 0 Å². The summed E-state index contributed by atoms with van der Waals surface area (Å²) in [6, 6.07) is 0. The van der Waals surface area contributed by atoms with Crippen LogP contribution in [0.1, 0.15) is 213 Å². The van der Waals surface area contributed by atoms with Gasteiger partial charge in [-0.15, -0.1) is 0 Å². The predicted octanol–water partition coefficient (Wildman–Crippen LogP) is 20.6. The number of carbonyl (C=O) groups excluding carboxylic acids is 3. The van der Waals surface area contributed by atoms with Gasteiger partial charge in [0.15, 0.2) is 6.10 Å². The van der Waals surface area contributed by atoms with Crippen LogP contribution >= 0.6 is 0 Å². The molecule has 0 aromatic heterocycles. The molecule has 0 amide bonds. The Bertz CT molecular complexity index is 1880. The number of unbranched alkanes of at least 4 members (excludes halogenated alkanes) is 8. The van der Waals surface area contributed by atoms with Crippen LogP contribution in [0, 0.1) is 0 Å². The molecular formula is C71H106O6. The molecule has 0 radical (unpaired) electrons. The van der Waals surface area contributed by atoms with Gasteiger partial charge in [0, 0.05) is 19.3 Å². The molecule has 0 heterocycles. The van der Waals surface area contributed by atoms with Crippen molar-refractivity contribution < 1.29 is 28.6 Å². The summed E-state index contributed by atoms with van der Waals surface area (Å²) in [5, 5.41) is 0. The van der Waals surface area contributed by atoms with Gasteiger partial charge in [0.1, 0.15) is 13.2 Å². The zero-order valence-electron chi connectivity index (χ0n) is 48.6. The number of rotatable bonds is 51. The summed E-state index contributed by atoms with van der Waals surface area (Å²) in [7, 11) is 0. The minimum atomic E-state index is -0.846.